The highest BCUT2D eigenvalue weighted by Crippen LogP contribution is 2.28. The van der Waals surface area contributed by atoms with E-state index in [4.69, 9.17) is 9.84 Å². The normalized spacial score (nSPS) is 21.8. The Kier molecular flexibility index (Phi) is 8.57. The number of aromatic nitrogens is 1. The third-order valence-corrected chi connectivity index (χ3v) is 7.48. The second-order valence-corrected chi connectivity index (χ2v) is 10.7. The number of methoxy groups -OCH3 is 1. The van der Waals surface area contributed by atoms with Crippen LogP contribution in [0.4, 0.5) is 0 Å². The van der Waals surface area contributed by atoms with Crippen LogP contribution in [-0.4, -0.2) is 63.7 Å². The van der Waals surface area contributed by atoms with E-state index in [0.717, 1.165) is 11.1 Å². The zero-order chi connectivity index (χ0) is 30.0. The van der Waals surface area contributed by atoms with Gasteiger partial charge in [-0.3, -0.25) is 19.6 Å². The average molecular weight is 550 g/mol. The molecule has 0 bridgehead atoms. The molecule has 0 saturated heterocycles. The predicted molar refractivity (Wildman–Crippen MR) is 150 cm³/mol. The molecule has 3 heterocycles. The molecule has 0 aliphatic carbocycles. The number of amidine groups is 2. The zero-order valence-electron chi connectivity index (χ0n) is 23.9. The van der Waals surface area contributed by atoms with Crippen LogP contribution in [0.15, 0.2) is 46.5 Å². The summed E-state index contributed by atoms with van der Waals surface area (Å²) in [6.45, 7) is 13.2. The van der Waals surface area contributed by atoms with Gasteiger partial charge in [0, 0.05) is 11.8 Å². The molecule has 2 unspecified atom stereocenters. The summed E-state index contributed by atoms with van der Waals surface area (Å²) in [5, 5.41) is 14.6. The number of aryl methyl sites for hydroxylation is 1. The van der Waals surface area contributed by atoms with Gasteiger partial charge in [0.25, 0.3) is 11.8 Å². The fourth-order valence-electron chi connectivity index (χ4n) is 4.05. The summed E-state index contributed by atoms with van der Waals surface area (Å²) in [6, 6.07) is 8.16. The van der Waals surface area contributed by atoms with Crippen molar-refractivity contribution in [1.82, 2.24) is 15.6 Å². The smallest absolute Gasteiger partial charge is 0.338 e. The van der Waals surface area contributed by atoms with Gasteiger partial charge in [-0.2, -0.15) is 0 Å². The molecule has 4 rings (SSSR count). The lowest BCUT2D eigenvalue weighted by atomic mass is 9.89. The van der Waals surface area contributed by atoms with Crippen molar-refractivity contribution in [3.05, 3.63) is 64.5 Å². The summed E-state index contributed by atoms with van der Waals surface area (Å²) >= 11 is 0. The van der Waals surface area contributed by atoms with Crippen LogP contribution >= 0.6 is 0 Å². The van der Waals surface area contributed by atoms with E-state index in [-0.39, 0.29) is 46.7 Å². The molecule has 0 spiro atoms. The lowest BCUT2D eigenvalue weighted by Crippen LogP contribution is -2.41. The van der Waals surface area contributed by atoms with E-state index >= 15 is 0 Å². The predicted octanol–water partition coefficient (Wildman–Crippen LogP) is 3.14. The zero-order valence-corrected chi connectivity index (χ0v) is 23.9. The molecular weight excluding hydrogens is 514 g/mol. The van der Waals surface area contributed by atoms with Crippen LogP contribution in [0.1, 0.15) is 79.1 Å². The number of ether oxygens (including phenoxy) is 1. The maximum absolute atomic E-state index is 12.2. The minimum Gasteiger partial charge on any atom is -0.478 e. The van der Waals surface area contributed by atoms with Crippen molar-refractivity contribution < 1.29 is 29.0 Å². The Labute approximate surface area is 233 Å². The summed E-state index contributed by atoms with van der Waals surface area (Å²) in [7, 11) is 1.35. The highest BCUT2D eigenvalue weighted by atomic mass is 16.5. The second-order valence-electron chi connectivity index (χ2n) is 10.7. The van der Waals surface area contributed by atoms with Gasteiger partial charge in [-0.05, 0) is 62.4 Å². The van der Waals surface area contributed by atoms with E-state index in [1.807, 2.05) is 41.5 Å². The number of aliphatic imine (C=N–C) groups is 2. The molecule has 2 aliphatic rings. The van der Waals surface area contributed by atoms with Gasteiger partial charge in [-0.25, -0.2) is 14.6 Å². The number of nitrogens with zero attached hydrogens (tertiary/aromatic N) is 3. The van der Waals surface area contributed by atoms with Crippen LogP contribution in [0.2, 0.25) is 0 Å². The number of esters is 1. The van der Waals surface area contributed by atoms with Crippen molar-refractivity contribution in [2.24, 2.45) is 21.8 Å². The Morgan fingerprint density at radius 3 is 1.95 bits per heavy atom. The summed E-state index contributed by atoms with van der Waals surface area (Å²) in [4.78, 5) is 59.7. The number of pyridine rings is 1. The number of benzene rings is 1. The molecule has 0 radical (unpaired) electrons. The lowest BCUT2D eigenvalue weighted by Gasteiger charge is -2.21. The van der Waals surface area contributed by atoms with E-state index in [0.29, 0.717) is 11.4 Å². The monoisotopic (exact) mass is 549 g/mol. The molecule has 2 aromatic rings. The number of carbonyl (C=O) groups is 4. The first kappa shape index (κ1) is 30.1. The standard InChI is InChI=1S/C16H20N2O3.C13H15N3O3/c1-9(2)16(4)15(20)17-13(18-16)12-7-6-11(8-10(12)3)14(19)21-5;1-7(2)13(3)12(19)15-10(16-13)9-8(11(17)18)5-4-6-14-9/h6-9H,1-5H3,(H,17,18,20);4-7H,1-3H3,(H,17,18)(H,15,16,19). The third-order valence-electron chi connectivity index (χ3n) is 7.48. The Balaban J connectivity index is 0.000000222. The van der Waals surface area contributed by atoms with Crippen LogP contribution in [0.3, 0.4) is 0 Å². The first-order chi connectivity index (χ1) is 18.6. The topological polar surface area (TPSA) is 159 Å². The molecule has 11 nitrogen and oxygen atoms in total. The summed E-state index contributed by atoms with van der Waals surface area (Å²) in [5.74, 6) is -0.924. The number of carbonyl (C=O) groups excluding carboxylic acids is 3. The van der Waals surface area contributed by atoms with Crippen molar-refractivity contribution in [1.29, 1.82) is 0 Å². The summed E-state index contributed by atoms with van der Waals surface area (Å²) in [5.41, 5.74) is 0.744. The van der Waals surface area contributed by atoms with Gasteiger partial charge in [0.05, 0.1) is 18.2 Å². The molecule has 3 N–H and O–H groups in total. The molecule has 2 atom stereocenters. The molecule has 2 aliphatic heterocycles. The minimum absolute atomic E-state index is 0.00184. The number of carboxylic acids is 1. The number of amides is 2. The van der Waals surface area contributed by atoms with Crippen molar-refractivity contribution >= 4 is 35.4 Å². The Hall–Kier alpha value is -4.41. The van der Waals surface area contributed by atoms with E-state index in [9.17, 15) is 19.2 Å². The number of hydrogen-bond donors (Lipinski definition) is 3. The molecule has 212 valence electrons. The van der Waals surface area contributed by atoms with Crippen molar-refractivity contribution in [3.8, 4) is 0 Å². The van der Waals surface area contributed by atoms with Crippen LogP contribution in [0.5, 0.6) is 0 Å². The molecule has 2 amide bonds. The van der Waals surface area contributed by atoms with Crippen molar-refractivity contribution in [2.75, 3.05) is 7.11 Å². The van der Waals surface area contributed by atoms with E-state index < -0.39 is 17.0 Å². The van der Waals surface area contributed by atoms with Gasteiger partial charge >= 0.3 is 11.9 Å². The average Bonchev–Trinajstić information content (AvgIpc) is 3.39. The Bertz CT molecular complexity index is 1430. The highest BCUT2D eigenvalue weighted by Gasteiger charge is 2.43. The first-order valence-electron chi connectivity index (χ1n) is 12.9. The van der Waals surface area contributed by atoms with Gasteiger partial charge in [0.2, 0.25) is 0 Å². The van der Waals surface area contributed by atoms with Crippen LogP contribution < -0.4 is 10.6 Å². The van der Waals surface area contributed by atoms with Crippen LogP contribution in [0, 0.1) is 18.8 Å². The minimum atomic E-state index is -1.10. The molecule has 1 aromatic carbocycles. The van der Waals surface area contributed by atoms with Gasteiger partial charge in [-0.1, -0.05) is 33.8 Å². The van der Waals surface area contributed by atoms with E-state index in [2.05, 4.69) is 25.6 Å². The number of aromatic carboxylic acids is 1. The number of hydrogen-bond acceptors (Lipinski definition) is 8. The fourth-order valence-corrected chi connectivity index (χ4v) is 4.05. The van der Waals surface area contributed by atoms with Gasteiger partial charge in [-0.15, -0.1) is 0 Å². The third kappa shape index (κ3) is 5.63. The number of nitrogens with one attached hydrogen (secondary N) is 2. The SMILES string of the molecule is CC(C)C1(C)N=C(c2ncccc2C(=O)O)NC1=O.COC(=O)c1ccc(C2=NC(C)(C(C)C)C(=O)N2)c(C)c1. The van der Waals surface area contributed by atoms with Crippen molar-refractivity contribution in [2.45, 2.75) is 59.5 Å². The molecule has 0 fully saturated rings. The van der Waals surface area contributed by atoms with Crippen LogP contribution in [0.25, 0.3) is 0 Å². The molecule has 0 saturated carbocycles. The maximum Gasteiger partial charge on any atom is 0.338 e. The summed E-state index contributed by atoms with van der Waals surface area (Å²) < 4.78 is 4.70. The summed E-state index contributed by atoms with van der Waals surface area (Å²) in [6.07, 6.45) is 1.47. The number of rotatable bonds is 6. The Morgan fingerprint density at radius 1 is 0.925 bits per heavy atom. The number of carboxylic acid groups (broad SMARTS) is 1. The fraction of sp³-hybridized carbons (Fsp3) is 0.414. The quantitative estimate of drug-likeness (QED) is 0.467. The molecule has 1 aromatic heterocycles. The molecule has 40 heavy (non-hydrogen) atoms. The van der Waals surface area contributed by atoms with E-state index in [1.165, 1.54) is 25.4 Å². The van der Waals surface area contributed by atoms with E-state index in [1.54, 1.807) is 25.1 Å². The maximum atomic E-state index is 12.2. The molecular formula is C29H35N5O6. The molecule has 11 heteroatoms. The van der Waals surface area contributed by atoms with Gasteiger partial charge < -0.3 is 20.5 Å². The van der Waals surface area contributed by atoms with Gasteiger partial charge in [0.1, 0.15) is 22.6 Å². The Morgan fingerprint density at radius 2 is 1.48 bits per heavy atom. The van der Waals surface area contributed by atoms with Crippen molar-refractivity contribution in [3.63, 3.8) is 0 Å². The largest absolute Gasteiger partial charge is 0.478 e. The second kappa shape index (κ2) is 11.4. The van der Waals surface area contributed by atoms with Crippen LogP contribution in [-0.2, 0) is 14.3 Å². The highest BCUT2D eigenvalue weighted by molar-refractivity contribution is 6.17. The first-order valence-corrected chi connectivity index (χ1v) is 12.9. The lowest BCUT2D eigenvalue weighted by molar-refractivity contribution is -0.125. The van der Waals surface area contributed by atoms with Gasteiger partial charge in [0.15, 0.2) is 5.84 Å².